The average Bonchev–Trinajstić information content (AvgIpc) is 3.34. The smallest absolute Gasteiger partial charge is 0.417 e. The van der Waals surface area contributed by atoms with Crippen molar-refractivity contribution in [3.05, 3.63) is 77.5 Å². The molecule has 2 amide bonds. The van der Waals surface area contributed by atoms with E-state index in [9.17, 15) is 22.8 Å². The van der Waals surface area contributed by atoms with Gasteiger partial charge in [0.25, 0.3) is 5.91 Å². The van der Waals surface area contributed by atoms with E-state index >= 15 is 0 Å². The summed E-state index contributed by atoms with van der Waals surface area (Å²) in [6.07, 6.45) is -1.36. The number of hydrogen-bond acceptors (Lipinski definition) is 5. The minimum absolute atomic E-state index is 0.00869. The molecule has 2 heterocycles. The van der Waals surface area contributed by atoms with Gasteiger partial charge in [-0.2, -0.15) is 13.2 Å². The van der Waals surface area contributed by atoms with Gasteiger partial charge in [0.1, 0.15) is 17.3 Å². The average molecular weight is 527 g/mol. The summed E-state index contributed by atoms with van der Waals surface area (Å²) in [5, 5.41) is 3.05. The lowest BCUT2D eigenvalue weighted by molar-refractivity contribution is -0.137. The van der Waals surface area contributed by atoms with E-state index in [-0.39, 0.29) is 23.7 Å². The Balaban J connectivity index is 1.59. The Morgan fingerprint density at radius 3 is 2.45 bits per heavy atom. The molecule has 1 aliphatic rings. The lowest BCUT2D eigenvalue weighted by Gasteiger charge is -2.24. The third kappa shape index (κ3) is 6.42. The molecule has 0 spiro atoms. The van der Waals surface area contributed by atoms with Gasteiger partial charge in [-0.25, -0.2) is 4.98 Å². The van der Waals surface area contributed by atoms with Crippen LogP contribution in [0.4, 0.5) is 24.7 Å². The zero-order valence-electron chi connectivity index (χ0n) is 21.4. The van der Waals surface area contributed by atoms with E-state index in [0.717, 1.165) is 30.7 Å². The number of likely N-dealkylation sites (tertiary alicyclic amines) is 1. The number of alkyl halides is 3. The second kappa shape index (κ2) is 11.1. The second-order valence-corrected chi connectivity index (χ2v) is 9.42. The predicted octanol–water partition coefficient (Wildman–Crippen LogP) is 5.89. The van der Waals surface area contributed by atoms with Crippen LogP contribution in [0.1, 0.15) is 41.3 Å². The van der Waals surface area contributed by atoms with Gasteiger partial charge in [0, 0.05) is 51.1 Å². The highest BCUT2D eigenvalue weighted by molar-refractivity contribution is 5.93. The van der Waals surface area contributed by atoms with Crippen molar-refractivity contribution >= 4 is 23.3 Å². The van der Waals surface area contributed by atoms with Crippen LogP contribution in [0, 0.1) is 0 Å². The Kier molecular flexibility index (Phi) is 7.89. The fourth-order valence-corrected chi connectivity index (χ4v) is 4.47. The fraction of sp³-hybridized carbons (Fsp3) is 0.321. The third-order valence-electron chi connectivity index (χ3n) is 6.40. The first-order valence-corrected chi connectivity index (χ1v) is 12.2. The van der Waals surface area contributed by atoms with Crippen LogP contribution in [0.3, 0.4) is 0 Å². The molecule has 10 heteroatoms. The molecule has 1 aromatic heterocycles. The van der Waals surface area contributed by atoms with Crippen molar-refractivity contribution < 1.29 is 27.5 Å². The number of ether oxygens (including phenoxy) is 1. The highest BCUT2D eigenvalue weighted by atomic mass is 19.4. The number of amides is 2. The molecule has 3 aromatic rings. The van der Waals surface area contributed by atoms with Crippen molar-refractivity contribution in [3.63, 3.8) is 0 Å². The molecule has 1 aliphatic heterocycles. The summed E-state index contributed by atoms with van der Waals surface area (Å²) in [6.45, 7) is 2.26. The molecule has 200 valence electrons. The summed E-state index contributed by atoms with van der Waals surface area (Å²) in [6, 6.07) is 14.5. The predicted molar refractivity (Wildman–Crippen MR) is 138 cm³/mol. The van der Waals surface area contributed by atoms with Gasteiger partial charge in [-0.3, -0.25) is 9.59 Å². The van der Waals surface area contributed by atoms with Crippen LogP contribution < -0.4 is 10.1 Å². The summed E-state index contributed by atoms with van der Waals surface area (Å²) in [5.41, 5.74) is 1.16. The van der Waals surface area contributed by atoms with Crippen LogP contribution in [0.5, 0.6) is 11.5 Å². The van der Waals surface area contributed by atoms with Crippen molar-refractivity contribution in [1.29, 1.82) is 0 Å². The molecule has 0 radical (unpaired) electrons. The van der Waals surface area contributed by atoms with Crippen LogP contribution in [0.15, 0.2) is 60.8 Å². The minimum Gasteiger partial charge on any atom is -0.457 e. The number of benzene rings is 2. The largest absolute Gasteiger partial charge is 0.457 e. The first kappa shape index (κ1) is 27.0. The molecule has 1 fully saturated rings. The number of anilines is 2. The van der Waals surface area contributed by atoms with Gasteiger partial charge in [-0.05, 0) is 79.4 Å². The molecule has 0 saturated carbocycles. The molecule has 38 heavy (non-hydrogen) atoms. The Labute approximate surface area is 219 Å². The number of carbonyl (C=O) groups excluding carboxylic acids is 2. The third-order valence-corrected chi connectivity index (χ3v) is 6.40. The Morgan fingerprint density at radius 2 is 1.84 bits per heavy atom. The van der Waals surface area contributed by atoms with E-state index in [4.69, 9.17) is 4.74 Å². The first-order chi connectivity index (χ1) is 18.0. The molecular weight excluding hydrogens is 497 g/mol. The highest BCUT2D eigenvalue weighted by Crippen LogP contribution is 2.33. The van der Waals surface area contributed by atoms with E-state index in [0.29, 0.717) is 35.7 Å². The van der Waals surface area contributed by atoms with Crippen LogP contribution in [-0.2, 0) is 17.4 Å². The molecule has 4 rings (SSSR count). The van der Waals surface area contributed by atoms with Crippen LogP contribution in [-0.4, -0.2) is 53.3 Å². The van der Waals surface area contributed by atoms with E-state index in [1.165, 1.54) is 11.0 Å². The molecular formula is C28H29F3N4O3. The second-order valence-electron chi connectivity index (χ2n) is 9.42. The molecule has 1 N–H and O–H groups in total. The molecule has 1 saturated heterocycles. The van der Waals surface area contributed by atoms with Crippen molar-refractivity contribution in [1.82, 2.24) is 14.8 Å². The molecule has 7 nitrogen and oxygen atoms in total. The van der Waals surface area contributed by atoms with E-state index in [1.54, 1.807) is 57.4 Å². The summed E-state index contributed by atoms with van der Waals surface area (Å²) < 4.78 is 44.8. The maximum absolute atomic E-state index is 12.9. The number of aromatic nitrogens is 1. The standard InChI is InChI=1S/C28H29F3N4O3/c1-18(36)35-14-4-5-23(35)16-20-15-22(33-26-13-8-21(17-32-26)28(29,30)31)9-12-25(20)38-24-10-6-19(7-11-24)27(37)34(2)3/h6-13,15,17,23H,4-5,14,16H2,1-3H3,(H,32,33). The van der Waals surface area contributed by atoms with Crippen LogP contribution in [0.2, 0.25) is 0 Å². The van der Waals surface area contributed by atoms with Gasteiger partial charge in [0.05, 0.1) is 5.56 Å². The first-order valence-electron chi connectivity index (χ1n) is 12.2. The van der Waals surface area contributed by atoms with Crippen LogP contribution >= 0.6 is 0 Å². The number of nitrogens with one attached hydrogen (secondary N) is 1. The van der Waals surface area contributed by atoms with Crippen molar-refractivity contribution in [2.75, 3.05) is 26.0 Å². The normalized spacial score (nSPS) is 15.3. The maximum Gasteiger partial charge on any atom is 0.417 e. The van der Waals surface area contributed by atoms with Crippen molar-refractivity contribution in [2.24, 2.45) is 0 Å². The van der Waals surface area contributed by atoms with Gasteiger partial charge in [0.2, 0.25) is 5.91 Å². The topological polar surface area (TPSA) is 74.8 Å². The number of hydrogen-bond donors (Lipinski definition) is 1. The molecule has 1 unspecified atom stereocenters. The number of nitrogens with zero attached hydrogens (tertiary/aromatic N) is 3. The SMILES string of the molecule is CC(=O)N1CCCC1Cc1cc(Nc2ccc(C(F)(F)F)cn2)ccc1Oc1ccc(C(=O)N(C)C)cc1. The Bertz CT molecular complexity index is 1290. The summed E-state index contributed by atoms with van der Waals surface area (Å²) in [7, 11) is 3.37. The molecule has 2 aromatic carbocycles. The summed E-state index contributed by atoms with van der Waals surface area (Å²) in [4.78, 5) is 31.5. The number of carbonyl (C=O) groups is 2. The van der Waals surface area contributed by atoms with E-state index in [2.05, 4.69) is 10.3 Å². The van der Waals surface area contributed by atoms with Crippen LogP contribution in [0.25, 0.3) is 0 Å². The zero-order chi connectivity index (χ0) is 27.4. The van der Waals surface area contributed by atoms with Gasteiger partial charge >= 0.3 is 6.18 Å². The lowest BCUT2D eigenvalue weighted by Crippen LogP contribution is -2.35. The van der Waals surface area contributed by atoms with Crippen molar-refractivity contribution in [3.8, 4) is 11.5 Å². The quantitative estimate of drug-likeness (QED) is 0.416. The van der Waals surface area contributed by atoms with Gasteiger partial charge in [-0.1, -0.05) is 0 Å². The minimum atomic E-state index is -4.46. The zero-order valence-corrected chi connectivity index (χ0v) is 21.4. The van der Waals surface area contributed by atoms with E-state index in [1.807, 2.05) is 11.0 Å². The monoisotopic (exact) mass is 526 g/mol. The Hall–Kier alpha value is -4.08. The fourth-order valence-electron chi connectivity index (χ4n) is 4.47. The maximum atomic E-state index is 12.9. The Morgan fingerprint density at radius 1 is 1.11 bits per heavy atom. The number of halogens is 3. The van der Waals surface area contributed by atoms with Gasteiger partial charge in [0.15, 0.2) is 0 Å². The summed E-state index contributed by atoms with van der Waals surface area (Å²) >= 11 is 0. The lowest BCUT2D eigenvalue weighted by atomic mass is 10.0. The molecule has 0 aliphatic carbocycles. The molecule has 1 atom stereocenters. The number of rotatable bonds is 7. The van der Waals surface area contributed by atoms with E-state index < -0.39 is 11.7 Å². The van der Waals surface area contributed by atoms with Gasteiger partial charge < -0.3 is 19.9 Å². The molecule has 0 bridgehead atoms. The van der Waals surface area contributed by atoms with Gasteiger partial charge in [-0.15, -0.1) is 0 Å². The summed E-state index contributed by atoms with van der Waals surface area (Å²) in [5.74, 6) is 1.29. The van der Waals surface area contributed by atoms with Crippen molar-refractivity contribution in [2.45, 2.75) is 38.4 Å². The highest BCUT2D eigenvalue weighted by Gasteiger charge is 2.31. The number of pyridine rings is 1.